The standard InChI is InChI=1S/C37H35N3/c1-26(2)30-20-11-13-22-32(30)39-36(28-16-7-5-8-17-28)34-24-15-25-35(38-34)37(29-18-9-6-10-19-29)40-33-23-14-12-21-31(33)27(3)4/h5-27H,1-4H3/b39-36+,40-37+. The van der Waals surface area contributed by atoms with Gasteiger partial charge in [-0.3, -0.25) is 0 Å². The Balaban J connectivity index is 1.70. The van der Waals surface area contributed by atoms with Gasteiger partial charge in [-0.05, 0) is 47.2 Å². The highest BCUT2D eigenvalue weighted by molar-refractivity contribution is 6.16. The second-order valence-electron chi connectivity index (χ2n) is 10.5. The van der Waals surface area contributed by atoms with Gasteiger partial charge in [0.2, 0.25) is 0 Å². The number of para-hydroxylation sites is 2. The zero-order valence-electron chi connectivity index (χ0n) is 23.6. The Morgan fingerprint density at radius 3 is 1.23 bits per heavy atom. The van der Waals surface area contributed by atoms with Crippen LogP contribution in [0.1, 0.15) is 73.2 Å². The molecule has 0 fully saturated rings. The van der Waals surface area contributed by atoms with Gasteiger partial charge < -0.3 is 0 Å². The monoisotopic (exact) mass is 521 g/mol. The summed E-state index contributed by atoms with van der Waals surface area (Å²) in [6.45, 7) is 8.81. The Kier molecular flexibility index (Phi) is 8.41. The molecule has 0 aliphatic carbocycles. The number of hydrogen-bond acceptors (Lipinski definition) is 3. The highest BCUT2D eigenvalue weighted by atomic mass is 14.8. The van der Waals surface area contributed by atoms with Crippen molar-refractivity contribution in [1.29, 1.82) is 0 Å². The first-order valence-corrected chi connectivity index (χ1v) is 13.9. The van der Waals surface area contributed by atoms with Crippen LogP contribution in [0.4, 0.5) is 11.4 Å². The minimum atomic E-state index is 0.356. The fourth-order valence-electron chi connectivity index (χ4n) is 4.83. The lowest BCUT2D eigenvalue weighted by Gasteiger charge is -2.14. The Bertz CT molecular complexity index is 1510. The highest BCUT2D eigenvalue weighted by Crippen LogP contribution is 2.30. The smallest absolute Gasteiger partial charge is 0.0966 e. The number of pyridine rings is 1. The average Bonchev–Trinajstić information content (AvgIpc) is 3.00. The van der Waals surface area contributed by atoms with Crippen LogP contribution in [0.15, 0.2) is 137 Å². The van der Waals surface area contributed by atoms with Gasteiger partial charge >= 0.3 is 0 Å². The maximum Gasteiger partial charge on any atom is 0.0966 e. The Hall–Kier alpha value is -4.63. The van der Waals surface area contributed by atoms with E-state index in [1.165, 1.54) is 11.1 Å². The fraction of sp³-hybridized carbons (Fsp3) is 0.162. The first kappa shape index (κ1) is 27.0. The molecule has 0 unspecified atom stereocenters. The highest BCUT2D eigenvalue weighted by Gasteiger charge is 2.16. The van der Waals surface area contributed by atoms with Crippen molar-refractivity contribution in [1.82, 2.24) is 4.98 Å². The van der Waals surface area contributed by atoms with E-state index in [-0.39, 0.29) is 0 Å². The van der Waals surface area contributed by atoms with E-state index < -0.39 is 0 Å². The molecule has 0 N–H and O–H groups in total. The number of aromatic nitrogens is 1. The van der Waals surface area contributed by atoms with E-state index >= 15 is 0 Å². The summed E-state index contributed by atoms with van der Waals surface area (Å²) in [5, 5.41) is 0. The predicted molar refractivity (Wildman–Crippen MR) is 169 cm³/mol. The molecule has 3 nitrogen and oxygen atoms in total. The molecule has 1 aromatic heterocycles. The second-order valence-corrected chi connectivity index (χ2v) is 10.5. The summed E-state index contributed by atoms with van der Waals surface area (Å²) in [5.41, 5.74) is 9.69. The van der Waals surface area contributed by atoms with Gasteiger partial charge in [0.05, 0.1) is 34.2 Å². The molecule has 0 spiro atoms. The number of nitrogens with zero attached hydrogens (tertiary/aromatic N) is 3. The molecule has 0 saturated carbocycles. The minimum absolute atomic E-state index is 0.356. The molecule has 0 amide bonds. The first-order valence-electron chi connectivity index (χ1n) is 13.9. The Morgan fingerprint density at radius 1 is 0.450 bits per heavy atom. The van der Waals surface area contributed by atoms with Gasteiger partial charge in [0.25, 0.3) is 0 Å². The number of rotatable bonds is 8. The van der Waals surface area contributed by atoms with Crippen molar-refractivity contribution in [2.45, 2.75) is 39.5 Å². The van der Waals surface area contributed by atoms with Crippen LogP contribution in [0.2, 0.25) is 0 Å². The van der Waals surface area contributed by atoms with Crippen molar-refractivity contribution < 1.29 is 0 Å². The summed E-state index contributed by atoms with van der Waals surface area (Å²) in [6, 6.07) is 43.5. The second kappa shape index (κ2) is 12.5. The molecule has 0 radical (unpaired) electrons. The number of hydrogen-bond donors (Lipinski definition) is 0. The average molecular weight is 522 g/mol. The van der Waals surface area contributed by atoms with Crippen LogP contribution < -0.4 is 0 Å². The van der Waals surface area contributed by atoms with Gasteiger partial charge in [0.1, 0.15) is 0 Å². The summed E-state index contributed by atoms with van der Waals surface area (Å²) < 4.78 is 0. The molecule has 5 aromatic rings. The molecule has 0 atom stereocenters. The SMILES string of the molecule is CC(C)c1ccccc1/N=C(\c1ccccc1)c1cccc(/C(=N/c2ccccc2C(C)C)c2ccccc2)n1. The van der Waals surface area contributed by atoms with Gasteiger partial charge in [-0.1, -0.05) is 131 Å². The van der Waals surface area contributed by atoms with Gasteiger partial charge in [0.15, 0.2) is 0 Å². The van der Waals surface area contributed by atoms with Crippen molar-refractivity contribution in [3.05, 3.63) is 161 Å². The molecule has 4 aromatic carbocycles. The molecule has 198 valence electrons. The lowest BCUT2D eigenvalue weighted by molar-refractivity contribution is 0.867. The van der Waals surface area contributed by atoms with Crippen LogP contribution in [-0.2, 0) is 0 Å². The van der Waals surface area contributed by atoms with Crippen molar-refractivity contribution in [2.24, 2.45) is 9.98 Å². The van der Waals surface area contributed by atoms with Crippen molar-refractivity contribution in [3.8, 4) is 0 Å². The molecule has 3 heteroatoms. The predicted octanol–water partition coefficient (Wildman–Crippen LogP) is 9.67. The zero-order valence-corrected chi connectivity index (χ0v) is 23.6. The molecule has 0 aliphatic rings. The molecule has 40 heavy (non-hydrogen) atoms. The van der Waals surface area contributed by atoms with Gasteiger partial charge in [-0.25, -0.2) is 15.0 Å². The van der Waals surface area contributed by atoms with Crippen molar-refractivity contribution in [3.63, 3.8) is 0 Å². The van der Waals surface area contributed by atoms with Crippen LogP contribution in [0.25, 0.3) is 0 Å². The van der Waals surface area contributed by atoms with Crippen molar-refractivity contribution in [2.75, 3.05) is 0 Å². The third-order valence-corrected chi connectivity index (χ3v) is 6.91. The lowest BCUT2D eigenvalue weighted by atomic mass is 10.00. The summed E-state index contributed by atoms with van der Waals surface area (Å²) in [4.78, 5) is 15.7. The van der Waals surface area contributed by atoms with Crippen molar-refractivity contribution >= 4 is 22.8 Å². The van der Waals surface area contributed by atoms with E-state index in [2.05, 4.69) is 94.4 Å². The van der Waals surface area contributed by atoms with E-state index in [0.717, 1.165) is 45.3 Å². The van der Waals surface area contributed by atoms with Crippen LogP contribution in [0.5, 0.6) is 0 Å². The van der Waals surface area contributed by atoms with Crippen LogP contribution in [-0.4, -0.2) is 16.4 Å². The molecule has 0 bridgehead atoms. The topological polar surface area (TPSA) is 37.6 Å². The Morgan fingerprint density at radius 2 is 0.825 bits per heavy atom. The Labute approximate surface area is 238 Å². The van der Waals surface area contributed by atoms with Crippen LogP contribution in [0, 0.1) is 0 Å². The summed E-state index contributed by atoms with van der Waals surface area (Å²) in [7, 11) is 0. The molecular formula is C37H35N3. The van der Waals surface area contributed by atoms with E-state index in [1.807, 2.05) is 60.7 Å². The van der Waals surface area contributed by atoms with Crippen LogP contribution in [0.3, 0.4) is 0 Å². The van der Waals surface area contributed by atoms with Gasteiger partial charge in [-0.15, -0.1) is 0 Å². The summed E-state index contributed by atoms with van der Waals surface area (Å²) in [5.74, 6) is 0.711. The molecule has 0 saturated heterocycles. The van der Waals surface area contributed by atoms with E-state index in [0.29, 0.717) is 11.8 Å². The molecule has 0 aliphatic heterocycles. The molecule has 1 heterocycles. The minimum Gasteiger partial charge on any atom is -0.246 e. The van der Waals surface area contributed by atoms with E-state index in [9.17, 15) is 0 Å². The number of benzene rings is 4. The largest absolute Gasteiger partial charge is 0.246 e. The summed E-state index contributed by atoms with van der Waals surface area (Å²) in [6.07, 6.45) is 0. The zero-order chi connectivity index (χ0) is 27.9. The quantitative estimate of drug-likeness (QED) is 0.187. The first-order chi connectivity index (χ1) is 19.5. The fourth-order valence-corrected chi connectivity index (χ4v) is 4.83. The molecule has 5 rings (SSSR count). The van der Waals surface area contributed by atoms with E-state index in [4.69, 9.17) is 15.0 Å². The third kappa shape index (κ3) is 6.16. The normalized spacial score (nSPS) is 12.2. The lowest BCUT2D eigenvalue weighted by Crippen LogP contribution is -2.12. The maximum absolute atomic E-state index is 5.23. The number of aliphatic imine (C=N–C) groups is 2. The van der Waals surface area contributed by atoms with Gasteiger partial charge in [-0.2, -0.15) is 0 Å². The van der Waals surface area contributed by atoms with E-state index in [1.54, 1.807) is 0 Å². The molecular weight excluding hydrogens is 486 g/mol. The third-order valence-electron chi connectivity index (χ3n) is 6.91. The maximum atomic E-state index is 5.23. The summed E-state index contributed by atoms with van der Waals surface area (Å²) >= 11 is 0. The van der Waals surface area contributed by atoms with Crippen LogP contribution >= 0.6 is 0 Å². The van der Waals surface area contributed by atoms with Gasteiger partial charge in [0, 0.05) is 11.1 Å².